The zero-order valence-corrected chi connectivity index (χ0v) is 14.6. The van der Waals surface area contributed by atoms with Gasteiger partial charge in [-0.2, -0.15) is 5.10 Å². The van der Waals surface area contributed by atoms with E-state index >= 15 is 0 Å². The van der Waals surface area contributed by atoms with E-state index in [0.717, 1.165) is 23.5 Å². The second-order valence-electron chi connectivity index (χ2n) is 5.74. The molecule has 0 fully saturated rings. The van der Waals surface area contributed by atoms with E-state index in [9.17, 15) is 4.79 Å². The molecule has 0 radical (unpaired) electrons. The Morgan fingerprint density at radius 1 is 1.25 bits per heavy atom. The topological polar surface area (TPSA) is 68.2 Å². The summed E-state index contributed by atoms with van der Waals surface area (Å²) >= 11 is 0. The summed E-state index contributed by atoms with van der Waals surface area (Å²) in [4.78, 5) is 11.9. The second kappa shape index (κ2) is 9.20. The Morgan fingerprint density at radius 3 is 2.71 bits per heavy atom. The van der Waals surface area contributed by atoms with Crippen LogP contribution in [-0.2, 0) is 22.6 Å². The molecule has 0 aliphatic carbocycles. The van der Waals surface area contributed by atoms with Crippen molar-refractivity contribution in [1.29, 1.82) is 0 Å². The second-order valence-corrected chi connectivity index (χ2v) is 5.74. The highest BCUT2D eigenvalue weighted by Crippen LogP contribution is 2.14. The number of carbonyl (C=O) groups excluding carboxylic acids is 1. The van der Waals surface area contributed by atoms with Crippen molar-refractivity contribution in [3.8, 4) is 0 Å². The first-order valence-electron chi connectivity index (χ1n) is 8.15. The number of ether oxygens (including phenoxy) is 1. The van der Waals surface area contributed by atoms with Gasteiger partial charge in [0.05, 0.1) is 25.4 Å². The van der Waals surface area contributed by atoms with Crippen LogP contribution in [0.3, 0.4) is 0 Å². The number of amides is 1. The number of nitrogens with one attached hydrogen (secondary N) is 2. The Morgan fingerprint density at radius 2 is 2.00 bits per heavy atom. The minimum absolute atomic E-state index is 0.0271. The third kappa shape index (κ3) is 5.18. The molecule has 6 nitrogen and oxygen atoms in total. The zero-order chi connectivity index (χ0) is 17.4. The molecule has 2 aromatic rings. The number of methoxy groups -OCH3 is 1. The lowest BCUT2D eigenvalue weighted by Crippen LogP contribution is -2.35. The molecule has 0 saturated carbocycles. The Balaban J connectivity index is 1.90. The number of nitrogens with zero attached hydrogens (tertiary/aromatic N) is 2. The van der Waals surface area contributed by atoms with Crippen molar-refractivity contribution < 1.29 is 9.53 Å². The van der Waals surface area contributed by atoms with Gasteiger partial charge >= 0.3 is 0 Å². The van der Waals surface area contributed by atoms with Gasteiger partial charge < -0.3 is 15.4 Å². The van der Waals surface area contributed by atoms with Crippen molar-refractivity contribution in [1.82, 2.24) is 20.4 Å². The average Bonchev–Trinajstić information content (AvgIpc) is 2.84. The van der Waals surface area contributed by atoms with Gasteiger partial charge in [0.25, 0.3) is 0 Å². The van der Waals surface area contributed by atoms with Gasteiger partial charge in [0.1, 0.15) is 0 Å². The molecule has 2 N–H and O–H groups in total. The van der Waals surface area contributed by atoms with Crippen LogP contribution in [-0.4, -0.2) is 42.5 Å². The fourth-order valence-electron chi connectivity index (χ4n) is 2.53. The molecule has 0 atom stereocenters. The minimum atomic E-state index is -0.0271. The number of rotatable bonds is 9. The van der Waals surface area contributed by atoms with Crippen molar-refractivity contribution in [2.45, 2.75) is 26.9 Å². The third-order valence-corrected chi connectivity index (χ3v) is 3.94. The number of aryl methyl sites for hydroxylation is 1. The van der Waals surface area contributed by atoms with Gasteiger partial charge in [-0.1, -0.05) is 30.3 Å². The molecular weight excluding hydrogens is 304 g/mol. The van der Waals surface area contributed by atoms with E-state index in [4.69, 9.17) is 4.74 Å². The molecule has 1 aromatic heterocycles. The number of aromatic nitrogens is 2. The quantitative estimate of drug-likeness (QED) is 0.682. The molecule has 0 saturated heterocycles. The molecule has 0 spiro atoms. The molecule has 0 bridgehead atoms. The molecule has 0 unspecified atom stereocenters. The molecule has 1 amide bonds. The van der Waals surface area contributed by atoms with Gasteiger partial charge in [0.15, 0.2) is 0 Å². The highest BCUT2D eigenvalue weighted by molar-refractivity contribution is 5.78. The standard InChI is InChI=1S/C18H26N4O2/c1-14-17(11-20-18(23)12-19-9-10-24-3)15(2)22(21-14)13-16-7-5-4-6-8-16/h4-8,19H,9-13H2,1-3H3,(H,20,23). The predicted octanol–water partition coefficient (Wildman–Crippen LogP) is 1.40. The molecule has 1 heterocycles. The fourth-order valence-corrected chi connectivity index (χ4v) is 2.53. The lowest BCUT2D eigenvalue weighted by Gasteiger charge is -2.08. The molecule has 130 valence electrons. The molecule has 0 aliphatic rings. The first kappa shape index (κ1) is 18.2. The highest BCUT2D eigenvalue weighted by atomic mass is 16.5. The maximum Gasteiger partial charge on any atom is 0.234 e. The Kier molecular flexibility index (Phi) is 6.96. The maximum absolute atomic E-state index is 11.9. The van der Waals surface area contributed by atoms with E-state index in [1.54, 1.807) is 7.11 Å². The molecule has 6 heteroatoms. The fraction of sp³-hybridized carbons (Fsp3) is 0.444. The first-order chi connectivity index (χ1) is 11.6. The van der Waals surface area contributed by atoms with Gasteiger partial charge in [0, 0.05) is 31.5 Å². The van der Waals surface area contributed by atoms with Crippen LogP contribution in [0, 0.1) is 13.8 Å². The van der Waals surface area contributed by atoms with Crippen molar-refractivity contribution in [3.05, 3.63) is 52.8 Å². The van der Waals surface area contributed by atoms with Crippen molar-refractivity contribution >= 4 is 5.91 Å². The van der Waals surface area contributed by atoms with Crippen molar-refractivity contribution in [2.24, 2.45) is 0 Å². The van der Waals surface area contributed by atoms with Crippen LogP contribution in [0.1, 0.15) is 22.5 Å². The molecule has 0 aliphatic heterocycles. The SMILES string of the molecule is COCCNCC(=O)NCc1c(C)nn(Cc2ccccc2)c1C. The normalized spacial score (nSPS) is 10.8. The molecule has 2 rings (SSSR count). The van der Waals surface area contributed by atoms with Crippen LogP contribution >= 0.6 is 0 Å². The number of benzene rings is 1. The average molecular weight is 330 g/mol. The van der Waals surface area contributed by atoms with Gasteiger partial charge in [-0.25, -0.2) is 0 Å². The van der Waals surface area contributed by atoms with Crippen LogP contribution < -0.4 is 10.6 Å². The van der Waals surface area contributed by atoms with Crippen molar-refractivity contribution in [2.75, 3.05) is 26.8 Å². The largest absolute Gasteiger partial charge is 0.383 e. The van der Waals surface area contributed by atoms with E-state index in [1.807, 2.05) is 36.7 Å². The van der Waals surface area contributed by atoms with Crippen LogP contribution in [0.15, 0.2) is 30.3 Å². The third-order valence-electron chi connectivity index (χ3n) is 3.94. The lowest BCUT2D eigenvalue weighted by atomic mass is 10.2. The van der Waals surface area contributed by atoms with Gasteiger partial charge in [0.2, 0.25) is 5.91 Å². The summed E-state index contributed by atoms with van der Waals surface area (Å²) in [6, 6.07) is 10.2. The van der Waals surface area contributed by atoms with Gasteiger partial charge in [-0.05, 0) is 19.4 Å². The van der Waals surface area contributed by atoms with E-state index < -0.39 is 0 Å². The minimum Gasteiger partial charge on any atom is -0.383 e. The lowest BCUT2D eigenvalue weighted by molar-refractivity contribution is -0.120. The zero-order valence-electron chi connectivity index (χ0n) is 14.6. The number of hydrogen-bond acceptors (Lipinski definition) is 4. The van der Waals surface area contributed by atoms with E-state index in [-0.39, 0.29) is 5.91 Å². The Hall–Kier alpha value is -2.18. The number of carbonyl (C=O) groups is 1. The smallest absolute Gasteiger partial charge is 0.234 e. The van der Waals surface area contributed by atoms with Crippen LogP contribution in [0.25, 0.3) is 0 Å². The van der Waals surface area contributed by atoms with E-state index in [1.165, 1.54) is 5.56 Å². The molecule has 24 heavy (non-hydrogen) atoms. The van der Waals surface area contributed by atoms with E-state index in [0.29, 0.717) is 26.2 Å². The van der Waals surface area contributed by atoms with Crippen LogP contribution in [0.5, 0.6) is 0 Å². The summed E-state index contributed by atoms with van der Waals surface area (Å²) < 4.78 is 6.92. The Labute approximate surface area is 143 Å². The number of hydrogen-bond donors (Lipinski definition) is 2. The summed E-state index contributed by atoms with van der Waals surface area (Å²) in [6.45, 7) is 6.81. The first-order valence-corrected chi connectivity index (χ1v) is 8.15. The maximum atomic E-state index is 11.9. The Bertz CT molecular complexity index is 653. The summed E-state index contributed by atoms with van der Waals surface area (Å²) in [7, 11) is 1.64. The van der Waals surface area contributed by atoms with Gasteiger partial charge in [-0.3, -0.25) is 9.48 Å². The highest BCUT2D eigenvalue weighted by Gasteiger charge is 2.12. The summed E-state index contributed by atoms with van der Waals surface area (Å²) in [5.41, 5.74) is 4.33. The summed E-state index contributed by atoms with van der Waals surface area (Å²) in [5.74, 6) is -0.0271. The monoisotopic (exact) mass is 330 g/mol. The predicted molar refractivity (Wildman–Crippen MR) is 93.8 cm³/mol. The van der Waals surface area contributed by atoms with Gasteiger partial charge in [-0.15, -0.1) is 0 Å². The van der Waals surface area contributed by atoms with Crippen LogP contribution in [0.4, 0.5) is 0 Å². The summed E-state index contributed by atoms with van der Waals surface area (Å²) in [6.07, 6.45) is 0. The molecule has 1 aromatic carbocycles. The van der Waals surface area contributed by atoms with Crippen molar-refractivity contribution in [3.63, 3.8) is 0 Å². The van der Waals surface area contributed by atoms with Crippen LogP contribution in [0.2, 0.25) is 0 Å². The molecular formula is C18H26N4O2. The summed E-state index contributed by atoms with van der Waals surface area (Å²) in [5, 5.41) is 10.6. The van der Waals surface area contributed by atoms with E-state index in [2.05, 4.69) is 27.9 Å².